The molecule has 15 heavy (non-hydrogen) atoms. The van der Waals surface area contributed by atoms with Crippen molar-refractivity contribution in [1.29, 1.82) is 0 Å². The standard InChI is InChI=1S/C7H15F3N2O2S/c1-11-5-6-15(13,14)12-4-2-3-7(8,9)10/h11-12H,2-6H2,1H3. The zero-order valence-electron chi connectivity index (χ0n) is 8.39. The van der Waals surface area contributed by atoms with Crippen LogP contribution in [-0.2, 0) is 10.0 Å². The summed E-state index contributed by atoms with van der Waals surface area (Å²) >= 11 is 0. The highest BCUT2D eigenvalue weighted by Gasteiger charge is 2.26. The van der Waals surface area contributed by atoms with Gasteiger partial charge in [-0.05, 0) is 13.5 Å². The molecule has 0 aliphatic rings. The Bertz CT molecular complexity index is 264. The molecule has 0 radical (unpaired) electrons. The molecule has 0 heterocycles. The Labute approximate surface area is 87.3 Å². The maximum Gasteiger partial charge on any atom is 0.389 e. The molecule has 0 aliphatic carbocycles. The minimum atomic E-state index is -4.23. The first kappa shape index (κ1) is 14.7. The van der Waals surface area contributed by atoms with Crippen molar-refractivity contribution in [2.45, 2.75) is 19.0 Å². The fourth-order valence-corrected chi connectivity index (χ4v) is 1.90. The predicted octanol–water partition coefficient (Wildman–Crippen LogP) is 0.468. The summed E-state index contributed by atoms with van der Waals surface area (Å²) in [7, 11) is -1.84. The molecule has 0 spiro atoms. The van der Waals surface area contributed by atoms with Crippen LogP contribution in [0.5, 0.6) is 0 Å². The molecule has 0 amide bonds. The lowest BCUT2D eigenvalue weighted by Gasteiger charge is -2.07. The Morgan fingerprint density at radius 3 is 2.27 bits per heavy atom. The van der Waals surface area contributed by atoms with Gasteiger partial charge in [0.05, 0.1) is 5.75 Å². The summed E-state index contributed by atoms with van der Waals surface area (Å²) < 4.78 is 59.3. The molecule has 0 aromatic carbocycles. The van der Waals surface area contributed by atoms with Gasteiger partial charge in [0.2, 0.25) is 10.0 Å². The lowest BCUT2D eigenvalue weighted by atomic mass is 10.3. The van der Waals surface area contributed by atoms with Crippen LogP contribution in [0.2, 0.25) is 0 Å². The molecule has 0 aromatic heterocycles. The van der Waals surface area contributed by atoms with E-state index in [-0.39, 0.29) is 25.3 Å². The molecule has 0 fully saturated rings. The predicted molar refractivity (Wildman–Crippen MR) is 51.0 cm³/mol. The lowest BCUT2D eigenvalue weighted by molar-refractivity contribution is -0.135. The third-order valence-corrected chi connectivity index (χ3v) is 2.97. The van der Waals surface area contributed by atoms with E-state index in [0.717, 1.165) is 0 Å². The van der Waals surface area contributed by atoms with Crippen molar-refractivity contribution in [1.82, 2.24) is 10.0 Å². The van der Waals surface area contributed by atoms with Gasteiger partial charge in [0, 0.05) is 19.5 Å². The number of alkyl halides is 3. The maximum atomic E-state index is 11.7. The molecule has 0 unspecified atom stereocenters. The highest BCUT2D eigenvalue weighted by Crippen LogP contribution is 2.20. The highest BCUT2D eigenvalue weighted by molar-refractivity contribution is 7.89. The van der Waals surface area contributed by atoms with Crippen LogP contribution in [0, 0.1) is 0 Å². The fourth-order valence-electron chi connectivity index (χ4n) is 0.825. The monoisotopic (exact) mass is 248 g/mol. The average Bonchev–Trinajstić information content (AvgIpc) is 2.08. The fraction of sp³-hybridized carbons (Fsp3) is 1.00. The van der Waals surface area contributed by atoms with Gasteiger partial charge in [-0.25, -0.2) is 13.1 Å². The lowest BCUT2D eigenvalue weighted by Crippen LogP contribution is -2.31. The van der Waals surface area contributed by atoms with E-state index in [2.05, 4.69) is 10.0 Å². The van der Waals surface area contributed by atoms with E-state index in [9.17, 15) is 21.6 Å². The van der Waals surface area contributed by atoms with Crippen LogP contribution >= 0.6 is 0 Å². The number of sulfonamides is 1. The van der Waals surface area contributed by atoms with E-state index < -0.39 is 22.6 Å². The minimum absolute atomic E-state index is 0.129. The Morgan fingerprint density at radius 1 is 1.20 bits per heavy atom. The van der Waals surface area contributed by atoms with Gasteiger partial charge in [0.1, 0.15) is 0 Å². The number of rotatable bonds is 7. The summed E-state index contributed by atoms with van der Waals surface area (Å²) in [5.41, 5.74) is 0. The number of hydrogen-bond donors (Lipinski definition) is 2. The van der Waals surface area contributed by atoms with Crippen molar-refractivity contribution < 1.29 is 21.6 Å². The van der Waals surface area contributed by atoms with Crippen LogP contribution in [-0.4, -0.2) is 40.5 Å². The smallest absolute Gasteiger partial charge is 0.319 e. The Morgan fingerprint density at radius 2 is 1.80 bits per heavy atom. The number of halogens is 3. The van der Waals surface area contributed by atoms with Gasteiger partial charge in [-0.3, -0.25) is 0 Å². The molecule has 0 aliphatic heterocycles. The first-order valence-corrected chi connectivity index (χ1v) is 6.11. The summed E-state index contributed by atoms with van der Waals surface area (Å²) in [5.74, 6) is -0.129. The first-order valence-electron chi connectivity index (χ1n) is 4.45. The summed E-state index contributed by atoms with van der Waals surface area (Å²) in [5, 5.41) is 2.64. The molecule has 92 valence electrons. The van der Waals surface area contributed by atoms with Gasteiger partial charge >= 0.3 is 6.18 Å². The Kier molecular flexibility index (Phi) is 6.15. The zero-order chi connectivity index (χ0) is 11.9. The molecule has 0 aromatic rings. The largest absolute Gasteiger partial charge is 0.389 e. The van der Waals surface area contributed by atoms with Gasteiger partial charge < -0.3 is 5.32 Å². The van der Waals surface area contributed by atoms with Crippen molar-refractivity contribution in [3.05, 3.63) is 0 Å². The van der Waals surface area contributed by atoms with E-state index in [1.807, 2.05) is 0 Å². The van der Waals surface area contributed by atoms with Crippen LogP contribution in [0.3, 0.4) is 0 Å². The summed E-state index contributed by atoms with van der Waals surface area (Å²) in [4.78, 5) is 0. The molecule has 0 saturated heterocycles. The van der Waals surface area contributed by atoms with Crippen molar-refractivity contribution in [3.63, 3.8) is 0 Å². The molecular weight excluding hydrogens is 233 g/mol. The molecule has 4 nitrogen and oxygen atoms in total. The van der Waals surface area contributed by atoms with E-state index in [1.165, 1.54) is 0 Å². The van der Waals surface area contributed by atoms with E-state index >= 15 is 0 Å². The Hall–Kier alpha value is -0.340. The second-order valence-corrected chi connectivity index (χ2v) is 4.96. The normalized spacial score (nSPS) is 13.1. The SMILES string of the molecule is CNCCS(=O)(=O)NCCCC(F)(F)F. The topological polar surface area (TPSA) is 58.2 Å². The molecule has 0 atom stereocenters. The quantitative estimate of drug-likeness (QED) is 0.644. The maximum absolute atomic E-state index is 11.7. The molecule has 2 N–H and O–H groups in total. The second kappa shape index (κ2) is 6.29. The molecule has 0 saturated carbocycles. The van der Waals surface area contributed by atoms with Gasteiger partial charge in [0.15, 0.2) is 0 Å². The van der Waals surface area contributed by atoms with Crippen LogP contribution in [0.25, 0.3) is 0 Å². The summed E-state index contributed by atoms with van der Waals surface area (Å²) in [6, 6.07) is 0. The van der Waals surface area contributed by atoms with Crippen LogP contribution in [0.4, 0.5) is 13.2 Å². The first-order chi connectivity index (χ1) is 6.77. The summed E-state index contributed by atoms with van der Waals surface area (Å²) in [6.45, 7) is 0.0974. The third kappa shape index (κ3) is 9.95. The van der Waals surface area contributed by atoms with Crippen molar-refractivity contribution in [2.24, 2.45) is 0 Å². The zero-order valence-corrected chi connectivity index (χ0v) is 9.21. The van der Waals surface area contributed by atoms with Crippen molar-refractivity contribution in [2.75, 3.05) is 25.9 Å². The van der Waals surface area contributed by atoms with Crippen LogP contribution < -0.4 is 10.0 Å². The molecule has 0 rings (SSSR count). The number of nitrogens with one attached hydrogen (secondary N) is 2. The van der Waals surface area contributed by atoms with Crippen molar-refractivity contribution >= 4 is 10.0 Å². The van der Waals surface area contributed by atoms with Gasteiger partial charge in [-0.15, -0.1) is 0 Å². The molecule has 8 heteroatoms. The van der Waals surface area contributed by atoms with Gasteiger partial charge in [0.25, 0.3) is 0 Å². The minimum Gasteiger partial charge on any atom is -0.319 e. The number of hydrogen-bond acceptors (Lipinski definition) is 3. The molecular formula is C7H15F3N2O2S. The van der Waals surface area contributed by atoms with E-state index in [4.69, 9.17) is 0 Å². The van der Waals surface area contributed by atoms with Crippen molar-refractivity contribution in [3.8, 4) is 0 Å². The van der Waals surface area contributed by atoms with E-state index in [1.54, 1.807) is 7.05 Å². The van der Waals surface area contributed by atoms with Gasteiger partial charge in [-0.2, -0.15) is 13.2 Å². The van der Waals surface area contributed by atoms with E-state index in [0.29, 0.717) is 0 Å². The van der Waals surface area contributed by atoms with Gasteiger partial charge in [-0.1, -0.05) is 0 Å². The van der Waals surface area contributed by atoms with Crippen LogP contribution in [0.15, 0.2) is 0 Å². The summed E-state index contributed by atoms with van der Waals surface area (Å²) in [6.07, 6.45) is -5.43. The average molecular weight is 248 g/mol. The third-order valence-electron chi connectivity index (χ3n) is 1.58. The second-order valence-electron chi connectivity index (χ2n) is 3.04. The highest BCUT2D eigenvalue weighted by atomic mass is 32.2. The Balaban J connectivity index is 3.67. The van der Waals surface area contributed by atoms with Crippen LogP contribution in [0.1, 0.15) is 12.8 Å². The molecule has 0 bridgehead atoms.